The average Bonchev–Trinajstić information content (AvgIpc) is 2.95. The Bertz CT molecular complexity index is 847. The summed E-state index contributed by atoms with van der Waals surface area (Å²) in [6, 6.07) is 11.0. The van der Waals surface area contributed by atoms with E-state index in [1.807, 2.05) is 0 Å². The first-order valence-corrected chi connectivity index (χ1v) is 15.9. The second kappa shape index (κ2) is 14.4. The first-order chi connectivity index (χ1) is 17.7. The van der Waals surface area contributed by atoms with Gasteiger partial charge in [0.2, 0.25) is 0 Å². The zero-order valence-electron chi connectivity index (χ0n) is 23.7. The first kappa shape index (κ1) is 27.5. The van der Waals surface area contributed by atoms with Gasteiger partial charge in [-0.3, -0.25) is 0 Å². The maximum absolute atomic E-state index is 2.74. The van der Waals surface area contributed by atoms with E-state index in [4.69, 9.17) is 0 Å². The molecule has 0 spiro atoms. The van der Waals surface area contributed by atoms with E-state index in [1.165, 1.54) is 127 Å². The second-order valence-corrected chi connectivity index (χ2v) is 12.4. The summed E-state index contributed by atoms with van der Waals surface area (Å²) >= 11 is 0. The van der Waals surface area contributed by atoms with Gasteiger partial charge in [-0.2, -0.15) is 0 Å². The van der Waals surface area contributed by atoms with Gasteiger partial charge >= 0.3 is 0 Å². The fourth-order valence-corrected chi connectivity index (χ4v) is 7.55. The molecule has 1 aromatic rings. The standard InChI is InChI=1S/C36H54/c1-3-5-7-8-9-11-15-31-20-24-35(25-21-31)36(34-22-18-30(19-23-34)14-6-4-2)28-26-33(27-29-36)32-16-12-10-13-17-32/h10,12-13,16-17,24,26-28,30-31,34H,3-9,11,14-15,18-23,25,29H2,1-2H3/t30-,31?,34-,36?. The van der Waals surface area contributed by atoms with Gasteiger partial charge in [0.05, 0.1) is 0 Å². The van der Waals surface area contributed by atoms with E-state index in [1.54, 1.807) is 5.57 Å². The Hall–Kier alpha value is -1.56. The molecule has 0 heterocycles. The van der Waals surface area contributed by atoms with Crippen molar-refractivity contribution >= 4 is 5.57 Å². The van der Waals surface area contributed by atoms with Crippen LogP contribution in [0.5, 0.6) is 0 Å². The van der Waals surface area contributed by atoms with Crippen molar-refractivity contribution in [2.45, 2.75) is 129 Å². The minimum Gasteiger partial charge on any atom is -0.0842 e. The molecule has 0 radical (unpaired) electrons. The normalized spacial score (nSPS) is 28.6. The molecule has 0 nitrogen and oxygen atoms in total. The van der Waals surface area contributed by atoms with Crippen molar-refractivity contribution in [3.63, 3.8) is 0 Å². The molecule has 0 heteroatoms. The quantitative estimate of drug-likeness (QED) is 0.192. The monoisotopic (exact) mass is 486 g/mol. The fourth-order valence-electron chi connectivity index (χ4n) is 7.55. The Balaban J connectivity index is 1.41. The van der Waals surface area contributed by atoms with Crippen LogP contribution in [0.25, 0.3) is 5.57 Å². The molecule has 0 amide bonds. The molecule has 198 valence electrons. The highest BCUT2D eigenvalue weighted by Gasteiger charge is 2.42. The lowest BCUT2D eigenvalue weighted by Gasteiger charge is -2.46. The Morgan fingerprint density at radius 2 is 1.44 bits per heavy atom. The predicted octanol–water partition coefficient (Wildman–Crippen LogP) is 11.5. The van der Waals surface area contributed by atoms with Crippen LogP contribution in [0, 0.1) is 23.2 Å². The summed E-state index contributed by atoms with van der Waals surface area (Å²) < 4.78 is 0. The molecule has 0 bridgehead atoms. The van der Waals surface area contributed by atoms with Crippen LogP contribution in [0.2, 0.25) is 0 Å². The van der Waals surface area contributed by atoms with E-state index in [0.717, 1.165) is 17.8 Å². The Morgan fingerprint density at radius 1 is 0.722 bits per heavy atom. The van der Waals surface area contributed by atoms with Crippen LogP contribution >= 0.6 is 0 Å². The molecule has 3 aliphatic rings. The molecule has 3 aliphatic carbocycles. The number of benzene rings is 1. The summed E-state index contributed by atoms with van der Waals surface area (Å²) in [5.41, 5.74) is 4.90. The van der Waals surface area contributed by atoms with E-state index >= 15 is 0 Å². The van der Waals surface area contributed by atoms with Gasteiger partial charge in [-0.05, 0) is 67.4 Å². The molecular formula is C36H54. The lowest BCUT2D eigenvalue weighted by molar-refractivity contribution is 0.160. The first-order valence-electron chi connectivity index (χ1n) is 15.9. The van der Waals surface area contributed by atoms with Crippen LogP contribution in [-0.2, 0) is 0 Å². The topological polar surface area (TPSA) is 0 Å². The van der Waals surface area contributed by atoms with Gasteiger partial charge in [0, 0.05) is 5.41 Å². The molecule has 1 fully saturated rings. The van der Waals surface area contributed by atoms with Crippen LogP contribution in [0.1, 0.15) is 135 Å². The lowest BCUT2D eigenvalue weighted by Crippen LogP contribution is -2.35. The third-order valence-corrected chi connectivity index (χ3v) is 9.95. The van der Waals surface area contributed by atoms with Crippen molar-refractivity contribution in [3.05, 3.63) is 65.8 Å². The minimum atomic E-state index is 0.291. The fraction of sp³-hybridized carbons (Fsp3) is 0.667. The van der Waals surface area contributed by atoms with Gasteiger partial charge in [0.25, 0.3) is 0 Å². The van der Waals surface area contributed by atoms with Gasteiger partial charge in [-0.25, -0.2) is 0 Å². The van der Waals surface area contributed by atoms with Crippen LogP contribution in [-0.4, -0.2) is 0 Å². The Labute approximate surface area is 223 Å². The Morgan fingerprint density at radius 3 is 2.11 bits per heavy atom. The maximum atomic E-state index is 2.74. The third-order valence-electron chi connectivity index (χ3n) is 9.95. The molecule has 4 rings (SSSR count). The summed E-state index contributed by atoms with van der Waals surface area (Å²) in [6.07, 6.45) is 35.9. The van der Waals surface area contributed by atoms with Gasteiger partial charge in [0.15, 0.2) is 0 Å². The number of rotatable bonds is 13. The van der Waals surface area contributed by atoms with Crippen LogP contribution in [0.15, 0.2) is 60.2 Å². The molecule has 1 saturated carbocycles. The SMILES string of the molecule is CCCCCCCCC1CC=C(C2([C@H]3CC[C@H](CCCC)CC3)C=CC(c3ccccc3)=CC2)CC1. The highest BCUT2D eigenvalue weighted by Crippen LogP contribution is 2.54. The van der Waals surface area contributed by atoms with Crippen LogP contribution in [0.3, 0.4) is 0 Å². The van der Waals surface area contributed by atoms with Crippen molar-refractivity contribution < 1.29 is 0 Å². The van der Waals surface area contributed by atoms with Gasteiger partial charge < -0.3 is 0 Å². The van der Waals surface area contributed by atoms with Crippen LogP contribution in [0.4, 0.5) is 0 Å². The molecule has 36 heavy (non-hydrogen) atoms. The van der Waals surface area contributed by atoms with E-state index < -0.39 is 0 Å². The summed E-state index contributed by atoms with van der Waals surface area (Å²) in [4.78, 5) is 0. The van der Waals surface area contributed by atoms with Gasteiger partial charge in [0.1, 0.15) is 0 Å². The molecule has 0 N–H and O–H groups in total. The zero-order valence-corrected chi connectivity index (χ0v) is 23.7. The largest absolute Gasteiger partial charge is 0.0842 e. The van der Waals surface area contributed by atoms with E-state index in [9.17, 15) is 0 Å². The van der Waals surface area contributed by atoms with E-state index in [2.05, 4.69) is 68.5 Å². The zero-order chi connectivity index (χ0) is 25.1. The van der Waals surface area contributed by atoms with E-state index in [0.29, 0.717) is 5.41 Å². The van der Waals surface area contributed by atoms with Crippen molar-refractivity contribution in [3.8, 4) is 0 Å². The summed E-state index contributed by atoms with van der Waals surface area (Å²) in [5.74, 6) is 2.76. The molecule has 2 unspecified atom stereocenters. The number of allylic oxidation sites excluding steroid dienone is 6. The minimum absolute atomic E-state index is 0.291. The molecule has 0 saturated heterocycles. The molecule has 1 aromatic carbocycles. The van der Waals surface area contributed by atoms with Crippen molar-refractivity contribution in [1.82, 2.24) is 0 Å². The molecule has 2 atom stereocenters. The molecule has 0 aromatic heterocycles. The predicted molar refractivity (Wildman–Crippen MR) is 159 cm³/mol. The van der Waals surface area contributed by atoms with E-state index in [-0.39, 0.29) is 0 Å². The second-order valence-electron chi connectivity index (χ2n) is 12.4. The lowest BCUT2D eigenvalue weighted by atomic mass is 9.58. The smallest absolute Gasteiger partial charge is 0.0157 e. The summed E-state index contributed by atoms with van der Waals surface area (Å²) in [6.45, 7) is 4.66. The molecular weight excluding hydrogens is 432 g/mol. The highest BCUT2D eigenvalue weighted by molar-refractivity contribution is 5.75. The van der Waals surface area contributed by atoms with Gasteiger partial charge in [-0.1, -0.05) is 151 Å². The molecule has 0 aliphatic heterocycles. The van der Waals surface area contributed by atoms with Crippen LogP contribution < -0.4 is 0 Å². The highest BCUT2D eigenvalue weighted by atomic mass is 14.5. The average molecular weight is 487 g/mol. The number of hydrogen-bond donors (Lipinski definition) is 0. The summed E-state index contributed by atoms with van der Waals surface area (Å²) in [5, 5.41) is 0. The van der Waals surface area contributed by atoms with Gasteiger partial charge in [-0.15, -0.1) is 0 Å². The van der Waals surface area contributed by atoms with Crippen molar-refractivity contribution in [2.75, 3.05) is 0 Å². The van der Waals surface area contributed by atoms with Crippen molar-refractivity contribution in [1.29, 1.82) is 0 Å². The number of hydrogen-bond acceptors (Lipinski definition) is 0. The number of unbranched alkanes of at least 4 members (excludes halogenated alkanes) is 6. The summed E-state index contributed by atoms with van der Waals surface area (Å²) in [7, 11) is 0. The Kier molecular flexibility index (Phi) is 11.0. The maximum Gasteiger partial charge on any atom is 0.0157 e. The van der Waals surface area contributed by atoms with Crippen molar-refractivity contribution in [2.24, 2.45) is 23.2 Å². The third kappa shape index (κ3) is 7.26.